The molecule has 1 aromatic heterocycles. The maximum Gasteiger partial charge on any atom is 0.271 e. The molecule has 0 saturated carbocycles. The maximum atomic E-state index is 11.6. The molecule has 92 valence electrons. The third-order valence-corrected chi connectivity index (χ3v) is 1.92. The SMILES string of the molecule is CC(CC(N)=O)NC(=O)c1cnc(NN)cn1. The van der Waals surface area contributed by atoms with E-state index in [1.165, 1.54) is 12.4 Å². The van der Waals surface area contributed by atoms with E-state index in [0.717, 1.165) is 0 Å². The number of nitrogen functional groups attached to an aromatic ring is 1. The molecule has 8 nitrogen and oxygen atoms in total. The number of rotatable bonds is 5. The smallest absolute Gasteiger partial charge is 0.271 e. The molecule has 0 aliphatic rings. The zero-order valence-electron chi connectivity index (χ0n) is 9.30. The van der Waals surface area contributed by atoms with Crippen molar-refractivity contribution in [3.63, 3.8) is 0 Å². The summed E-state index contributed by atoms with van der Waals surface area (Å²) in [6.07, 6.45) is 2.68. The van der Waals surface area contributed by atoms with Gasteiger partial charge in [-0.15, -0.1) is 0 Å². The molecule has 0 radical (unpaired) electrons. The molecule has 2 amide bonds. The molecule has 0 fully saturated rings. The Morgan fingerprint density at radius 3 is 2.59 bits per heavy atom. The van der Waals surface area contributed by atoms with E-state index in [4.69, 9.17) is 11.6 Å². The standard InChI is InChI=1S/C9H14N6O2/c1-5(2-7(10)16)14-9(17)6-3-13-8(15-11)4-12-6/h3-5H,2,11H2,1H3,(H2,10,16)(H,13,15)(H,14,17). The summed E-state index contributed by atoms with van der Waals surface area (Å²) in [5.74, 6) is 4.56. The van der Waals surface area contributed by atoms with Gasteiger partial charge in [0.2, 0.25) is 5.91 Å². The summed E-state index contributed by atoms with van der Waals surface area (Å²) in [7, 11) is 0. The van der Waals surface area contributed by atoms with Gasteiger partial charge in [0.15, 0.2) is 5.82 Å². The number of hydrogen-bond donors (Lipinski definition) is 4. The molecule has 6 N–H and O–H groups in total. The van der Waals surface area contributed by atoms with Gasteiger partial charge in [0.1, 0.15) is 5.69 Å². The molecule has 0 saturated heterocycles. The van der Waals surface area contributed by atoms with Gasteiger partial charge in [-0.25, -0.2) is 15.8 Å². The second kappa shape index (κ2) is 5.75. The minimum atomic E-state index is -0.480. The van der Waals surface area contributed by atoms with Gasteiger partial charge in [-0.05, 0) is 6.92 Å². The molecule has 8 heteroatoms. The minimum absolute atomic E-state index is 0.0710. The van der Waals surface area contributed by atoms with Crippen molar-refractivity contribution in [3.05, 3.63) is 18.1 Å². The zero-order chi connectivity index (χ0) is 12.8. The van der Waals surface area contributed by atoms with E-state index in [-0.39, 0.29) is 18.2 Å². The van der Waals surface area contributed by atoms with Crippen LogP contribution in [0.4, 0.5) is 5.82 Å². The zero-order valence-corrected chi connectivity index (χ0v) is 9.30. The average Bonchev–Trinajstić information content (AvgIpc) is 2.28. The minimum Gasteiger partial charge on any atom is -0.370 e. The van der Waals surface area contributed by atoms with Crippen LogP contribution in [0.1, 0.15) is 23.8 Å². The molecule has 1 heterocycles. The lowest BCUT2D eigenvalue weighted by molar-refractivity contribution is -0.118. The number of nitrogens with one attached hydrogen (secondary N) is 2. The largest absolute Gasteiger partial charge is 0.370 e. The molecular formula is C9H14N6O2. The van der Waals surface area contributed by atoms with Crippen molar-refractivity contribution in [3.8, 4) is 0 Å². The molecular weight excluding hydrogens is 224 g/mol. The first-order valence-corrected chi connectivity index (χ1v) is 4.90. The summed E-state index contributed by atoms with van der Waals surface area (Å²) in [5.41, 5.74) is 7.44. The van der Waals surface area contributed by atoms with Crippen molar-refractivity contribution in [1.82, 2.24) is 15.3 Å². The highest BCUT2D eigenvalue weighted by atomic mass is 16.2. The number of hydrogen-bond acceptors (Lipinski definition) is 6. The van der Waals surface area contributed by atoms with Gasteiger partial charge in [0.05, 0.1) is 12.4 Å². The van der Waals surface area contributed by atoms with Crippen molar-refractivity contribution >= 4 is 17.6 Å². The monoisotopic (exact) mass is 238 g/mol. The molecule has 0 aliphatic heterocycles. The third kappa shape index (κ3) is 4.03. The van der Waals surface area contributed by atoms with Crippen LogP contribution in [-0.2, 0) is 4.79 Å². The number of nitrogens with two attached hydrogens (primary N) is 2. The molecule has 17 heavy (non-hydrogen) atoms. The average molecular weight is 238 g/mol. The van der Waals surface area contributed by atoms with E-state index < -0.39 is 11.8 Å². The number of carbonyl (C=O) groups is 2. The number of aromatic nitrogens is 2. The van der Waals surface area contributed by atoms with Crippen molar-refractivity contribution in [1.29, 1.82) is 0 Å². The number of primary amides is 1. The topological polar surface area (TPSA) is 136 Å². The lowest BCUT2D eigenvalue weighted by atomic mass is 10.2. The van der Waals surface area contributed by atoms with Crippen LogP contribution in [0.5, 0.6) is 0 Å². The predicted octanol–water partition coefficient (Wildman–Crippen LogP) is -1.24. The van der Waals surface area contributed by atoms with Crippen LogP contribution in [0.15, 0.2) is 12.4 Å². The first-order chi connectivity index (χ1) is 8.02. The van der Waals surface area contributed by atoms with Crippen molar-refractivity contribution in [2.75, 3.05) is 5.43 Å². The quantitative estimate of drug-likeness (QED) is 0.374. The maximum absolute atomic E-state index is 11.6. The fraction of sp³-hybridized carbons (Fsp3) is 0.333. The highest BCUT2D eigenvalue weighted by Gasteiger charge is 2.12. The number of hydrazine groups is 1. The summed E-state index contributed by atoms with van der Waals surface area (Å²) in [6, 6.07) is -0.353. The number of carbonyl (C=O) groups excluding carboxylic acids is 2. The summed E-state index contributed by atoms with van der Waals surface area (Å²) in [4.78, 5) is 29.9. The Kier molecular flexibility index (Phi) is 4.35. The van der Waals surface area contributed by atoms with Gasteiger partial charge in [-0.1, -0.05) is 0 Å². The first-order valence-electron chi connectivity index (χ1n) is 4.90. The number of anilines is 1. The van der Waals surface area contributed by atoms with Gasteiger partial charge in [-0.3, -0.25) is 9.59 Å². The van der Waals surface area contributed by atoms with E-state index >= 15 is 0 Å². The Hall–Kier alpha value is -2.22. The van der Waals surface area contributed by atoms with Crippen LogP contribution < -0.4 is 22.3 Å². The Bertz CT molecular complexity index is 404. The Labute approximate surface area is 97.8 Å². The van der Waals surface area contributed by atoms with Gasteiger partial charge < -0.3 is 16.5 Å². The predicted molar refractivity (Wildman–Crippen MR) is 60.6 cm³/mol. The normalized spacial score (nSPS) is 11.6. The fourth-order valence-corrected chi connectivity index (χ4v) is 1.17. The summed E-state index contributed by atoms with van der Waals surface area (Å²) in [6.45, 7) is 1.67. The molecule has 0 bridgehead atoms. The van der Waals surface area contributed by atoms with E-state index in [1.807, 2.05) is 0 Å². The van der Waals surface area contributed by atoms with E-state index in [9.17, 15) is 9.59 Å². The van der Waals surface area contributed by atoms with Gasteiger partial charge >= 0.3 is 0 Å². The Morgan fingerprint density at radius 2 is 2.12 bits per heavy atom. The first kappa shape index (κ1) is 12.8. The van der Waals surface area contributed by atoms with Crippen LogP contribution in [0.25, 0.3) is 0 Å². The molecule has 0 aliphatic carbocycles. The van der Waals surface area contributed by atoms with E-state index in [2.05, 4.69) is 20.7 Å². The fourth-order valence-electron chi connectivity index (χ4n) is 1.17. The van der Waals surface area contributed by atoms with Crippen LogP contribution >= 0.6 is 0 Å². The Balaban J connectivity index is 2.60. The molecule has 1 unspecified atom stereocenters. The van der Waals surface area contributed by atoms with Gasteiger partial charge in [0, 0.05) is 12.5 Å². The van der Waals surface area contributed by atoms with Crippen LogP contribution in [-0.4, -0.2) is 27.8 Å². The summed E-state index contributed by atoms with van der Waals surface area (Å²) < 4.78 is 0. The summed E-state index contributed by atoms with van der Waals surface area (Å²) >= 11 is 0. The van der Waals surface area contributed by atoms with E-state index in [1.54, 1.807) is 6.92 Å². The molecule has 0 aromatic carbocycles. The van der Waals surface area contributed by atoms with Crippen molar-refractivity contribution < 1.29 is 9.59 Å². The van der Waals surface area contributed by atoms with Crippen LogP contribution in [0.2, 0.25) is 0 Å². The highest BCUT2D eigenvalue weighted by Crippen LogP contribution is 2.00. The molecule has 1 atom stereocenters. The summed E-state index contributed by atoms with van der Waals surface area (Å²) in [5, 5.41) is 2.57. The lowest BCUT2D eigenvalue weighted by Crippen LogP contribution is -2.36. The third-order valence-electron chi connectivity index (χ3n) is 1.92. The number of nitrogens with zero attached hydrogens (tertiary/aromatic N) is 2. The van der Waals surface area contributed by atoms with Crippen molar-refractivity contribution in [2.45, 2.75) is 19.4 Å². The van der Waals surface area contributed by atoms with Gasteiger partial charge in [-0.2, -0.15) is 0 Å². The van der Waals surface area contributed by atoms with Crippen LogP contribution in [0, 0.1) is 0 Å². The van der Waals surface area contributed by atoms with Crippen LogP contribution in [0.3, 0.4) is 0 Å². The second-order valence-electron chi connectivity index (χ2n) is 3.48. The second-order valence-corrected chi connectivity index (χ2v) is 3.48. The highest BCUT2D eigenvalue weighted by molar-refractivity contribution is 5.92. The Morgan fingerprint density at radius 1 is 1.41 bits per heavy atom. The number of amides is 2. The van der Waals surface area contributed by atoms with Gasteiger partial charge in [0.25, 0.3) is 5.91 Å². The van der Waals surface area contributed by atoms with Crippen molar-refractivity contribution in [2.24, 2.45) is 11.6 Å². The molecule has 0 spiro atoms. The molecule has 1 rings (SSSR count). The molecule has 1 aromatic rings. The van der Waals surface area contributed by atoms with E-state index in [0.29, 0.717) is 5.82 Å². The lowest BCUT2D eigenvalue weighted by Gasteiger charge is -2.11.